The molecule has 1 saturated heterocycles. The molecule has 2 aliphatic rings. The van der Waals surface area contributed by atoms with E-state index in [0.29, 0.717) is 5.92 Å². The third kappa shape index (κ3) is 3.67. The summed E-state index contributed by atoms with van der Waals surface area (Å²) < 4.78 is 0. The van der Waals surface area contributed by atoms with Gasteiger partial charge in [0.05, 0.1) is 17.6 Å². The Morgan fingerprint density at radius 3 is 2.75 bits per heavy atom. The number of likely N-dealkylation sites (tertiary alicyclic amines) is 1. The highest BCUT2D eigenvalue weighted by Gasteiger charge is 2.25. The maximum absolute atomic E-state index is 8.58. The fourth-order valence-electron chi connectivity index (χ4n) is 3.55. The van der Waals surface area contributed by atoms with E-state index in [1.807, 2.05) is 17.5 Å². The molecule has 0 bridgehead atoms. The van der Waals surface area contributed by atoms with Crippen LogP contribution in [0.25, 0.3) is 10.7 Å². The summed E-state index contributed by atoms with van der Waals surface area (Å²) >= 11 is 1.88. The fourth-order valence-corrected chi connectivity index (χ4v) is 4.72. The van der Waals surface area contributed by atoms with E-state index in [9.17, 15) is 0 Å². The van der Waals surface area contributed by atoms with Crippen LogP contribution < -0.4 is 5.73 Å². The highest BCUT2D eigenvalue weighted by molar-refractivity contribution is 7.15. The first kappa shape index (κ1) is 17.1. The highest BCUT2D eigenvalue weighted by Crippen LogP contribution is 2.37. The standard InChI is InChI=1S/C16H22N4S.CH3NO/c1-20-8-6-11(7-9-20)12-10-17-19-15(12)16-18-13-4-2-3-5-14(13)21-16;2-1-3/h10-11H,2-9H2,1H3,(H,17,19);1H,(H2,2,3). The summed E-state index contributed by atoms with van der Waals surface area (Å²) in [5.41, 5.74) is 8.07. The number of aromatic nitrogens is 3. The van der Waals surface area contributed by atoms with Crippen molar-refractivity contribution in [1.82, 2.24) is 20.1 Å². The number of amides is 1. The Labute approximate surface area is 146 Å². The smallest absolute Gasteiger partial charge is 0.204 e. The summed E-state index contributed by atoms with van der Waals surface area (Å²) in [5.74, 6) is 0.635. The SMILES string of the molecule is CN1CCC(c2cn[nH]c2-c2nc3c(s2)CCCC3)CC1.NC=O. The lowest BCUT2D eigenvalue weighted by Crippen LogP contribution is -2.29. The van der Waals surface area contributed by atoms with Gasteiger partial charge in [-0.2, -0.15) is 5.10 Å². The second kappa shape index (κ2) is 7.90. The number of nitrogens with two attached hydrogens (primary N) is 1. The number of nitrogens with one attached hydrogen (secondary N) is 1. The van der Waals surface area contributed by atoms with Crippen LogP contribution in [0.2, 0.25) is 0 Å². The van der Waals surface area contributed by atoms with Crippen molar-refractivity contribution < 1.29 is 4.79 Å². The molecule has 0 spiro atoms. The monoisotopic (exact) mass is 347 g/mol. The molecular weight excluding hydrogens is 322 g/mol. The van der Waals surface area contributed by atoms with Gasteiger partial charge in [0.1, 0.15) is 5.01 Å². The van der Waals surface area contributed by atoms with Crippen LogP contribution >= 0.6 is 11.3 Å². The molecule has 7 heteroatoms. The molecule has 0 atom stereocenters. The Morgan fingerprint density at radius 2 is 2.04 bits per heavy atom. The highest BCUT2D eigenvalue weighted by atomic mass is 32.1. The van der Waals surface area contributed by atoms with E-state index >= 15 is 0 Å². The number of aryl methyl sites for hydroxylation is 2. The first-order valence-corrected chi connectivity index (χ1v) is 9.40. The van der Waals surface area contributed by atoms with Crippen molar-refractivity contribution in [3.63, 3.8) is 0 Å². The second-order valence-corrected chi connectivity index (χ2v) is 7.59. The summed E-state index contributed by atoms with van der Waals surface area (Å²) in [6, 6.07) is 0. The van der Waals surface area contributed by atoms with Gasteiger partial charge < -0.3 is 10.6 Å². The second-order valence-electron chi connectivity index (χ2n) is 6.51. The molecule has 1 amide bonds. The molecule has 0 aromatic carbocycles. The molecule has 2 aromatic heterocycles. The summed E-state index contributed by atoms with van der Waals surface area (Å²) in [7, 11) is 2.21. The average molecular weight is 347 g/mol. The summed E-state index contributed by atoms with van der Waals surface area (Å²) in [6.45, 7) is 2.37. The number of primary amides is 1. The molecule has 1 fully saturated rings. The number of hydrogen-bond donors (Lipinski definition) is 2. The lowest BCUT2D eigenvalue weighted by Gasteiger charge is -2.28. The number of carbonyl (C=O) groups excluding carboxylic acids is 1. The Balaban J connectivity index is 0.000000526. The maximum atomic E-state index is 8.58. The number of carbonyl (C=O) groups is 1. The molecule has 2 aromatic rings. The summed E-state index contributed by atoms with van der Waals surface area (Å²) in [5, 5.41) is 8.71. The zero-order valence-corrected chi connectivity index (χ0v) is 14.9. The van der Waals surface area contributed by atoms with E-state index in [4.69, 9.17) is 9.78 Å². The van der Waals surface area contributed by atoms with E-state index in [1.165, 1.54) is 67.0 Å². The predicted octanol–water partition coefficient (Wildman–Crippen LogP) is 2.32. The maximum Gasteiger partial charge on any atom is 0.204 e. The molecular formula is C17H25N5OS. The number of nitrogens with zero attached hydrogens (tertiary/aromatic N) is 3. The van der Waals surface area contributed by atoms with E-state index < -0.39 is 0 Å². The number of rotatable bonds is 2. The van der Waals surface area contributed by atoms with Crippen LogP contribution in [-0.4, -0.2) is 46.6 Å². The lowest BCUT2D eigenvalue weighted by atomic mass is 9.90. The topological polar surface area (TPSA) is 87.9 Å². The van der Waals surface area contributed by atoms with Crippen LogP contribution in [0, 0.1) is 0 Å². The minimum absolute atomic E-state index is 0.250. The largest absolute Gasteiger partial charge is 0.372 e. The molecule has 0 radical (unpaired) electrons. The predicted molar refractivity (Wildman–Crippen MR) is 96.1 cm³/mol. The van der Waals surface area contributed by atoms with E-state index in [1.54, 1.807) is 0 Å². The first-order chi connectivity index (χ1) is 11.7. The third-order valence-electron chi connectivity index (χ3n) is 4.89. The summed E-state index contributed by atoms with van der Waals surface area (Å²) in [6.07, 6.45) is 9.72. The molecule has 4 rings (SSSR count). The zero-order valence-electron chi connectivity index (χ0n) is 14.1. The van der Waals surface area contributed by atoms with Gasteiger partial charge in [0.2, 0.25) is 6.41 Å². The molecule has 3 N–H and O–H groups in total. The number of piperidine rings is 1. The van der Waals surface area contributed by atoms with E-state index in [2.05, 4.69) is 27.9 Å². The Morgan fingerprint density at radius 1 is 1.33 bits per heavy atom. The Kier molecular flexibility index (Phi) is 5.63. The molecule has 1 aliphatic heterocycles. The van der Waals surface area contributed by atoms with Crippen molar-refractivity contribution in [1.29, 1.82) is 0 Å². The van der Waals surface area contributed by atoms with Gasteiger partial charge in [0.25, 0.3) is 0 Å². The number of fused-ring (bicyclic) bond motifs is 1. The Hall–Kier alpha value is -1.73. The number of thiazole rings is 1. The molecule has 6 nitrogen and oxygen atoms in total. The molecule has 1 aliphatic carbocycles. The molecule has 24 heavy (non-hydrogen) atoms. The van der Waals surface area contributed by atoms with Crippen molar-refractivity contribution in [2.24, 2.45) is 5.73 Å². The van der Waals surface area contributed by atoms with Crippen LogP contribution in [0.15, 0.2) is 6.20 Å². The lowest BCUT2D eigenvalue weighted by molar-refractivity contribution is -0.106. The van der Waals surface area contributed by atoms with Crippen LogP contribution in [0.5, 0.6) is 0 Å². The Bertz CT molecular complexity index is 649. The molecule has 3 heterocycles. The van der Waals surface area contributed by atoms with Crippen molar-refractivity contribution in [2.45, 2.75) is 44.4 Å². The van der Waals surface area contributed by atoms with Crippen molar-refractivity contribution in [3.8, 4) is 10.7 Å². The van der Waals surface area contributed by atoms with Crippen molar-refractivity contribution in [3.05, 3.63) is 22.3 Å². The van der Waals surface area contributed by atoms with E-state index in [0.717, 1.165) is 11.4 Å². The normalized spacial score (nSPS) is 18.5. The van der Waals surface area contributed by atoms with Gasteiger partial charge in [-0.25, -0.2) is 4.98 Å². The number of hydrogen-bond acceptors (Lipinski definition) is 5. The first-order valence-electron chi connectivity index (χ1n) is 8.59. The average Bonchev–Trinajstić information content (AvgIpc) is 3.22. The van der Waals surface area contributed by atoms with Gasteiger partial charge in [0.15, 0.2) is 0 Å². The minimum atomic E-state index is 0.250. The van der Waals surface area contributed by atoms with Gasteiger partial charge in [-0.3, -0.25) is 9.89 Å². The quantitative estimate of drug-likeness (QED) is 0.816. The molecule has 0 saturated carbocycles. The van der Waals surface area contributed by atoms with Crippen LogP contribution in [0.4, 0.5) is 0 Å². The van der Waals surface area contributed by atoms with Crippen molar-refractivity contribution >= 4 is 17.7 Å². The van der Waals surface area contributed by atoms with Gasteiger partial charge in [-0.05, 0) is 64.6 Å². The molecule has 130 valence electrons. The third-order valence-corrected chi connectivity index (χ3v) is 6.06. The summed E-state index contributed by atoms with van der Waals surface area (Å²) in [4.78, 5) is 17.4. The van der Waals surface area contributed by atoms with Gasteiger partial charge in [-0.1, -0.05) is 0 Å². The zero-order chi connectivity index (χ0) is 16.9. The fraction of sp³-hybridized carbons (Fsp3) is 0.588. The van der Waals surface area contributed by atoms with Crippen LogP contribution in [0.3, 0.4) is 0 Å². The van der Waals surface area contributed by atoms with Crippen molar-refractivity contribution in [2.75, 3.05) is 20.1 Å². The number of H-pyrrole nitrogens is 1. The number of aromatic amines is 1. The van der Waals surface area contributed by atoms with Crippen LogP contribution in [0.1, 0.15) is 47.7 Å². The van der Waals surface area contributed by atoms with E-state index in [-0.39, 0.29) is 6.41 Å². The minimum Gasteiger partial charge on any atom is -0.372 e. The van der Waals surface area contributed by atoms with Gasteiger partial charge in [-0.15, -0.1) is 11.3 Å². The van der Waals surface area contributed by atoms with Gasteiger partial charge >= 0.3 is 0 Å². The van der Waals surface area contributed by atoms with Crippen LogP contribution in [-0.2, 0) is 17.6 Å². The van der Waals surface area contributed by atoms with Gasteiger partial charge in [0, 0.05) is 10.4 Å². The molecule has 0 unspecified atom stereocenters.